The van der Waals surface area contributed by atoms with Gasteiger partial charge in [-0.1, -0.05) is 154 Å². The number of nitrogens with zero attached hydrogens (tertiary/aromatic N) is 5. The molecule has 4 saturated heterocycles. The summed E-state index contributed by atoms with van der Waals surface area (Å²) in [4.78, 5) is 74.6. The van der Waals surface area contributed by atoms with Crippen molar-refractivity contribution >= 4 is 29.7 Å². The van der Waals surface area contributed by atoms with Gasteiger partial charge in [0.1, 0.15) is 13.2 Å². The highest BCUT2D eigenvalue weighted by atomic mass is 16.6. The smallest absolute Gasteiger partial charge is 0.410 e. The molecule has 4 heterocycles. The van der Waals surface area contributed by atoms with Crippen LogP contribution in [0.5, 0.6) is 0 Å². The van der Waals surface area contributed by atoms with Gasteiger partial charge in [0.2, 0.25) is 23.6 Å². The molecule has 8 fully saturated rings. The van der Waals surface area contributed by atoms with Gasteiger partial charge in [0.05, 0.1) is 24.3 Å². The van der Waals surface area contributed by atoms with Crippen LogP contribution in [0.25, 0.3) is 0 Å². The number of benzene rings is 1. The predicted octanol–water partition coefficient (Wildman–Crippen LogP) is 9.36. The minimum absolute atomic E-state index is 0.0176. The molecule has 0 bridgehead atoms. The number of rotatable bonds is 12. The molecular formula is C59H93N5O8. The van der Waals surface area contributed by atoms with E-state index in [1.54, 1.807) is 4.90 Å². The van der Waals surface area contributed by atoms with Crippen LogP contribution < -0.4 is 0 Å². The van der Waals surface area contributed by atoms with Gasteiger partial charge in [-0.05, 0) is 74.2 Å². The van der Waals surface area contributed by atoms with Crippen LogP contribution in [0.15, 0.2) is 30.3 Å². The predicted molar refractivity (Wildman–Crippen MR) is 279 cm³/mol. The lowest BCUT2D eigenvalue weighted by Gasteiger charge is -2.54. The van der Waals surface area contributed by atoms with Crippen LogP contribution in [0.2, 0.25) is 0 Å². The first-order chi connectivity index (χ1) is 34.4. The molecule has 13 nitrogen and oxygen atoms in total. The fraction of sp³-hybridized carbons (Fsp3) is 0.814. The zero-order valence-corrected chi connectivity index (χ0v) is 45.0. The van der Waals surface area contributed by atoms with Crippen molar-refractivity contribution in [2.45, 2.75) is 200 Å². The lowest BCUT2D eigenvalue weighted by molar-refractivity contribution is -0.171. The molecule has 4 atom stereocenters. The van der Waals surface area contributed by atoms with Crippen molar-refractivity contribution in [2.24, 2.45) is 39.9 Å². The lowest BCUT2D eigenvalue weighted by atomic mass is 9.65. The van der Waals surface area contributed by atoms with Crippen LogP contribution >= 0.6 is 0 Å². The Kier molecular flexibility index (Phi) is 17.8. The number of amides is 5. The van der Waals surface area contributed by atoms with E-state index in [0.717, 1.165) is 63.5 Å². The first-order valence-electron chi connectivity index (χ1n) is 29.0. The van der Waals surface area contributed by atoms with Crippen LogP contribution in [-0.2, 0) is 30.5 Å². The van der Waals surface area contributed by atoms with Crippen molar-refractivity contribution in [1.29, 1.82) is 0 Å². The molecule has 4 saturated carbocycles. The molecule has 2 N–H and O–H groups in total. The highest BCUT2D eigenvalue weighted by molar-refractivity contribution is 5.84. The molecule has 0 aromatic heterocycles. The van der Waals surface area contributed by atoms with E-state index in [4.69, 9.17) is 4.74 Å². The average Bonchev–Trinajstić information content (AvgIpc) is 3.97. The molecule has 4 aliphatic carbocycles. The largest absolute Gasteiger partial charge is 0.445 e. The Morgan fingerprint density at radius 1 is 0.597 bits per heavy atom. The number of carbonyl (C=O) groups excluding carboxylic acids is 5. The van der Waals surface area contributed by atoms with Crippen LogP contribution in [0.4, 0.5) is 4.79 Å². The topological polar surface area (TPSA) is 151 Å². The van der Waals surface area contributed by atoms with E-state index < -0.39 is 22.7 Å². The van der Waals surface area contributed by atoms with Crippen molar-refractivity contribution in [3.05, 3.63) is 35.9 Å². The number of likely N-dealkylation sites (tertiary alicyclic amines) is 3. The number of β-amino-alcohol motifs (C(OH)–C–C–N with tert-alkyl or cyclic N) is 2. The van der Waals surface area contributed by atoms with E-state index in [1.807, 2.05) is 45.0 Å². The second-order valence-electron chi connectivity index (χ2n) is 25.5. The van der Waals surface area contributed by atoms with Gasteiger partial charge in [-0.25, -0.2) is 4.79 Å². The molecule has 13 heteroatoms. The fourth-order valence-corrected chi connectivity index (χ4v) is 15.0. The Balaban J connectivity index is 0.000000197. The van der Waals surface area contributed by atoms with E-state index >= 15 is 0 Å². The number of hydrogen-bond acceptors (Lipinski definition) is 8. The summed E-state index contributed by atoms with van der Waals surface area (Å²) >= 11 is 0. The summed E-state index contributed by atoms with van der Waals surface area (Å²) in [6.45, 7) is 13.0. The molecule has 1 aromatic carbocycles. The maximum atomic E-state index is 13.5. The molecule has 5 amide bonds. The van der Waals surface area contributed by atoms with E-state index in [0.29, 0.717) is 76.9 Å². The molecule has 9 rings (SSSR count). The molecule has 402 valence electrons. The van der Waals surface area contributed by atoms with E-state index in [2.05, 4.69) is 27.7 Å². The SMILES string of the molecule is CC(CC1CCCCC1)C(=O)N1CCC(O)(CN2CC3(CCCCC3)CC2=O)C(C)(C)C1.C[C@H](CC1CCCCC1)C(=O)N1CCC(O)(CN2CCN(C(=O)OCc3ccccc3)CC2=O)C2(CCCC2)C1. The minimum atomic E-state index is -1.03. The van der Waals surface area contributed by atoms with Crippen molar-refractivity contribution in [1.82, 2.24) is 24.5 Å². The number of aliphatic hydroxyl groups is 2. The molecule has 2 spiro atoms. The second kappa shape index (κ2) is 23.5. The maximum absolute atomic E-state index is 13.5. The van der Waals surface area contributed by atoms with Gasteiger partial charge < -0.3 is 34.5 Å². The van der Waals surface area contributed by atoms with Crippen molar-refractivity contribution < 1.29 is 38.9 Å². The summed E-state index contributed by atoms with van der Waals surface area (Å²) in [6.07, 6.45) is 26.0. The van der Waals surface area contributed by atoms with Crippen LogP contribution in [0, 0.1) is 39.9 Å². The Morgan fingerprint density at radius 2 is 1.12 bits per heavy atom. The van der Waals surface area contributed by atoms with Crippen molar-refractivity contribution in [2.75, 3.05) is 65.4 Å². The highest BCUT2D eigenvalue weighted by Crippen LogP contribution is 2.52. The van der Waals surface area contributed by atoms with Gasteiger partial charge >= 0.3 is 6.09 Å². The molecule has 72 heavy (non-hydrogen) atoms. The standard InChI is InChI=1S/C32H47N3O5.C27H46N2O3/c1-25(20-26-10-4-2-5-11-26)29(37)35-17-16-32(39,31(23-35)14-8-9-15-31)24-34-19-18-33(21-28(34)36)30(38)40-22-27-12-6-3-7-13-27;1-21(16-22-10-6-4-7-11-22)24(31)28-15-14-27(32,25(2,3)18-28)20-29-19-26(17-23(29)30)12-8-5-9-13-26/h3,6-7,12-13,25-26,39H,2,4-5,8-11,14-24H2,1H3;21-22,32H,4-20H2,1-3H3/t25-,32?;/m1./s1. The molecule has 3 unspecified atom stereocenters. The van der Waals surface area contributed by atoms with Crippen molar-refractivity contribution in [3.8, 4) is 0 Å². The van der Waals surface area contributed by atoms with Gasteiger partial charge in [-0.2, -0.15) is 0 Å². The summed E-state index contributed by atoms with van der Waals surface area (Å²) in [6, 6.07) is 9.49. The van der Waals surface area contributed by atoms with Gasteiger partial charge in [-0.15, -0.1) is 0 Å². The summed E-state index contributed by atoms with van der Waals surface area (Å²) < 4.78 is 5.43. The summed E-state index contributed by atoms with van der Waals surface area (Å²) in [5, 5.41) is 23.9. The third-order valence-electron chi connectivity index (χ3n) is 19.8. The second-order valence-corrected chi connectivity index (χ2v) is 25.5. The Labute approximate surface area is 432 Å². The monoisotopic (exact) mass is 1000 g/mol. The lowest BCUT2D eigenvalue weighted by Crippen LogP contribution is -2.66. The molecular weight excluding hydrogens is 907 g/mol. The van der Waals surface area contributed by atoms with Gasteiger partial charge in [0, 0.05) is 74.9 Å². The highest BCUT2D eigenvalue weighted by Gasteiger charge is 2.57. The van der Waals surface area contributed by atoms with Crippen LogP contribution in [0.1, 0.15) is 187 Å². The number of hydrogen-bond donors (Lipinski definition) is 2. The molecule has 8 aliphatic rings. The minimum Gasteiger partial charge on any atom is -0.445 e. The normalized spacial score (nSPS) is 28.7. The zero-order chi connectivity index (χ0) is 51.2. The average molecular weight is 1000 g/mol. The summed E-state index contributed by atoms with van der Waals surface area (Å²) in [7, 11) is 0. The zero-order valence-electron chi connectivity index (χ0n) is 45.0. The van der Waals surface area contributed by atoms with E-state index in [-0.39, 0.29) is 66.0 Å². The Bertz CT molecular complexity index is 2010. The quantitative estimate of drug-likeness (QED) is 0.210. The number of piperidine rings is 2. The van der Waals surface area contributed by atoms with Crippen molar-refractivity contribution in [3.63, 3.8) is 0 Å². The first kappa shape index (κ1) is 54.5. The first-order valence-corrected chi connectivity index (χ1v) is 29.0. The number of ether oxygens (including phenoxy) is 1. The maximum Gasteiger partial charge on any atom is 0.410 e. The third-order valence-corrected chi connectivity index (χ3v) is 19.8. The Hall–Kier alpha value is -3.71. The van der Waals surface area contributed by atoms with E-state index in [9.17, 15) is 34.2 Å². The molecule has 0 radical (unpaired) electrons. The fourth-order valence-electron chi connectivity index (χ4n) is 15.0. The summed E-state index contributed by atoms with van der Waals surface area (Å²) in [5.41, 5.74) is -1.73. The molecule has 1 aromatic rings. The molecule has 4 aliphatic heterocycles. The number of carbonyl (C=O) groups is 5. The summed E-state index contributed by atoms with van der Waals surface area (Å²) in [5.74, 6) is 1.98. The van der Waals surface area contributed by atoms with Gasteiger partial charge in [-0.3, -0.25) is 24.1 Å². The third kappa shape index (κ3) is 12.7. The van der Waals surface area contributed by atoms with E-state index in [1.165, 1.54) is 88.4 Å². The number of piperazine rings is 1. The van der Waals surface area contributed by atoms with Crippen LogP contribution in [-0.4, -0.2) is 141 Å². The Morgan fingerprint density at radius 3 is 1.69 bits per heavy atom. The van der Waals surface area contributed by atoms with Crippen LogP contribution in [0.3, 0.4) is 0 Å². The van der Waals surface area contributed by atoms with Gasteiger partial charge in [0.25, 0.3) is 0 Å². The van der Waals surface area contributed by atoms with Gasteiger partial charge in [0.15, 0.2) is 0 Å².